The van der Waals surface area contributed by atoms with Gasteiger partial charge in [-0.1, -0.05) is 44.0 Å². The number of fused-ring (bicyclic) bond motifs is 1. The van der Waals surface area contributed by atoms with Crippen molar-refractivity contribution in [2.75, 3.05) is 0 Å². The van der Waals surface area contributed by atoms with Gasteiger partial charge >= 0.3 is 0 Å². The molecule has 0 radical (unpaired) electrons. The van der Waals surface area contributed by atoms with E-state index in [4.69, 9.17) is 0 Å². The van der Waals surface area contributed by atoms with Gasteiger partial charge in [-0.05, 0) is 24.1 Å². The van der Waals surface area contributed by atoms with Crippen LogP contribution in [0.1, 0.15) is 48.3 Å². The number of carbonyl (C=O) groups is 1. The first-order chi connectivity index (χ1) is 12.2. The molecule has 0 aliphatic rings. The molecule has 0 aliphatic carbocycles. The largest absolute Gasteiger partial charge is 0.344 e. The fourth-order valence-corrected chi connectivity index (χ4v) is 2.83. The predicted molar refractivity (Wildman–Crippen MR) is 96.3 cm³/mol. The zero-order valence-corrected chi connectivity index (χ0v) is 14.0. The number of H-pyrrole nitrogens is 1. The van der Waals surface area contributed by atoms with Crippen molar-refractivity contribution < 1.29 is 4.79 Å². The smallest absolute Gasteiger partial charge is 0.272 e. The van der Waals surface area contributed by atoms with Gasteiger partial charge in [0.2, 0.25) is 0 Å². The van der Waals surface area contributed by atoms with Gasteiger partial charge in [-0.3, -0.25) is 14.6 Å². The highest BCUT2D eigenvalue weighted by Gasteiger charge is 2.19. The summed E-state index contributed by atoms with van der Waals surface area (Å²) >= 11 is 0. The van der Waals surface area contributed by atoms with E-state index >= 15 is 0 Å². The molecule has 1 atom stereocenters. The third kappa shape index (κ3) is 3.74. The highest BCUT2D eigenvalue weighted by molar-refractivity contribution is 6.04. The first-order valence-corrected chi connectivity index (χ1v) is 8.39. The lowest BCUT2D eigenvalue weighted by Gasteiger charge is -2.18. The SMILES string of the molecule is CCCCC(NC(=O)c1n[nH]c(=O)c2ccccc12)c1cccnc1. The van der Waals surface area contributed by atoms with Crippen LogP contribution in [0.4, 0.5) is 0 Å². The maximum atomic E-state index is 12.8. The van der Waals surface area contributed by atoms with Gasteiger partial charge in [0.05, 0.1) is 11.4 Å². The molecule has 3 rings (SSSR count). The van der Waals surface area contributed by atoms with Gasteiger partial charge in [0.25, 0.3) is 11.5 Å². The molecule has 2 aromatic heterocycles. The molecule has 0 saturated carbocycles. The number of carbonyl (C=O) groups excluding carboxylic acids is 1. The van der Waals surface area contributed by atoms with E-state index in [2.05, 4.69) is 27.4 Å². The van der Waals surface area contributed by atoms with Crippen LogP contribution in [-0.2, 0) is 0 Å². The molecule has 0 fully saturated rings. The summed E-state index contributed by atoms with van der Waals surface area (Å²) in [7, 11) is 0. The number of hydrogen-bond acceptors (Lipinski definition) is 4. The lowest BCUT2D eigenvalue weighted by molar-refractivity contribution is 0.0930. The van der Waals surface area contributed by atoms with Crippen molar-refractivity contribution in [3.8, 4) is 0 Å². The number of amides is 1. The lowest BCUT2D eigenvalue weighted by atomic mass is 10.0. The van der Waals surface area contributed by atoms with Crippen LogP contribution < -0.4 is 10.9 Å². The van der Waals surface area contributed by atoms with E-state index in [0.29, 0.717) is 10.8 Å². The number of aromatic nitrogens is 3. The number of benzene rings is 1. The monoisotopic (exact) mass is 336 g/mol. The first-order valence-electron chi connectivity index (χ1n) is 8.39. The average molecular weight is 336 g/mol. The van der Waals surface area contributed by atoms with Crippen LogP contribution in [0.25, 0.3) is 10.8 Å². The Morgan fingerprint density at radius 2 is 2.00 bits per heavy atom. The lowest BCUT2D eigenvalue weighted by Crippen LogP contribution is -2.30. The van der Waals surface area contributed by atoms with Crippen LogP contribution in [0.3, 0.4) is 0 Å². The first kappa shape index (κ1) is 16.8. The molecule has 25 heavy (non-hydrogen) atoms. The molecule has 0 spiro atoms. The van der Waals surface area contributed by atoms with Gasteiger partial charge in [0.1, 0.15) is 0 Å². The van der Waals surface area contributed by atoms with Gasteiger partial charge < -0.3 is 5.32 Å². The number of unbranched alkanes of at least 4 members (excludes halogenated alkanes) is 1. The Kier molecular flexibility index (Phi) is 5.18. The molecule has 0 bridgehead atoms. The second-order valence-corrected chi connectivity index (χ2v) is 5.90. The second-order valence-electron chi connectivity index (χ2n) is 5.90. The summed E-state index contributed by atoms with van der Waals surface area (Å²) in [4.78, 5) is 28.8. The average Bonchev–Trinajstić information content (AvgIpc) is 2.66. The Bertz CT molecular complexity index is 921. The number of pyridine rings is 1. The topological polar surface area (TPSA) is 87.7 Å². The molecule has 2 heterocycles. The molecule has 0 saturated heterocycles. The highest BCUT2D eigenvalue weighted by Crippen LogP contribution is 2.20. The van der Waals surface area contributed by atoms with Crippen LogP contribution in [0.2, 0.25) is 0 Å². The quantitative estimate of drug-likeness (QED) is 0.724. The van der Waals surface area contributed by atoms with E-state index in [-0.39, 0.29) is 23.2 Å². The molecule has 128 valence electrons. The number of hydrogen-bond donors (Lipinski definition) is 2. The van der Waals surface area contributed by atoms with Crippen molar-refractivity contribution in [2.24, 2.45) is 0 Å². The summed E-state index contributed by atoms with van der Waals surface area (Å²) in [6.45, 7) is 2.11. The van der Waals surface area contributed by atoms with Crippen LogP contribution in [-0.4, -0.2) is 21.1 Å². The molecule has 6 heteroatoms. The second kappa shape index (κ2) is 7.70. The minimum absolute atomic E-state index is 0.145. The normalized spacial score (nSPS) is 12.0. The number of aromatic amines is 1. The van der Waals surface area contributed by atoms with Crippen LogP contribution >= 0.6 is 0 Å². The van der Waals surface area contributed by atoms with E-state index in [1.165, 1.54) is 0 Å². The minimum atomic E-state index is -0.308. The summed E-state index contributed by atoms with van der Waals surface area (Å²) < 4.78 is 0. The molecule has 6 nitrogen and oxygen atoms in total. The zero-order valence-electron chi connectivity index (χ0n) is 14.0. The van der Waals surface area contributed by atoms with E-state index in [1.54, 1.807) is 36.7 Å². The molecule has 0 aliphatic heterocycles. The summed E-state index contributed by atoms with van der Waals surface area (Å²) in [5.41, 5.74) is 0.876. The number of nitrogens with one attached hydrogen (secondary N) is 2. The van der Waals surface area contributed by atoms with Gasteiger partial charge in [0.15, 0.2) is 5.69 Å². The number of nitrogens with zero attached hydrogens (tertiary/aromatic N) is 2. The van der Waals surface area contributed by atoms with E-state index < -0.39 is 0 Å². The maximum absolute atomic E-state index is 12.8. The Balaban J connectivity index is 1.92. The summed E-state index contributed by atoms with van der Waals surface area (Å²) in [6, 6.07) is 10.6. The van der Waals surface area contributed by atoms with Crippen molar-refractivity contribution >= 4 is 16.7 Å². The molecule has 3 aromatic rings. The third-order valence-electron chi connectivity index (χ3n) is 4.15. The zero-order chi connectivity index (χ0) is 17.6. The Labute approximate surface area is 145 Å². The minimum Gasteiger partial charge on any atom is -0.344 e. The van der Waals surface area contributed by atoms with Crippen molar-refractivity contribution in [2.45, 2.75) is 32.2 Å². The summed E-state index contributed by atoms with van der Waals surface area (Å²) in [5.74, 6) is -0.308. The molecular weight excluding hydrogens is 316 g/mol. The molecule has 2 N–H and O–H groups in total. The Hall–Kier alpha value is -3.02. The van der Waals surface area contributed by atoms with Crippen molar-refractivity contribution in [1.29, 1.82) is 0 Å². The van der Waals surface area contributed by atoms with Crippen LogP contribution in [0.5, 0.6) is 0 Å². The Morgan fingerprint density at radius 1 is 1.20 bits per heavy atom. The Morgan fingerprint density at radius 3 is 2.72 bits per heavy atom. The fraction of sp³-hybridized carbons (Fsp3) is 0.263. The predicted octanol–water partition coefficient (Wildman–Crippen LogP) is 2.98. The van der Waals surface area contributed by atoms with Gasteiger partial charge in [-0.2, -0.15) is 5.10 Å². The fourth-order valence-electron chi connectivity index (χ4n) is 2.83. The van der Waals surface area contributed by atoms with Gasteiger partial charge in [-0.25, -0.2) is 5.10 Å². The van der Waals surface area contributed by atoms with Crippen molar-refractivity contribution in [3.05, 3.63) is 70.4 Å². The van der Waals surface area contributed by atoms with Gasteiger partial charge in [-0.15, -0.1) is 0 Å². The van der Waals surface area contributed by atoms with Crippen LogP contribution in [0.15, 0.2) is 53.6 Å². The molecular formula is C19H20N4O2. The third-order valence-corrected chi connectivity index (χ3v) is 4.15. The standard InChI is InChI=1S/C19H20N4O2/c1-2-3-10-16(13-7-6-11-20-12-13)21-19(25)17-14-8-4-5-9-15(14)18(24)23-22-17/h4-9,11-12,16H,2-3,10H2,1H3,(H,21,25)(H,23,24). The van der Waals surface area contributed by atoms with E-state index in [9.17, 15) is 9.59 Å². The highest BCUT2D eigenvalue weighted by atomic mass is 16.2. The van der Waals surface area contributed by atoms with Crippen molar-refractivity contribution in [3.63, 3.8) is 0 Å². The summed E-state index contributed by atoms with van der Waals surface area (Å²) in [5, 5.41) is 10.4. The summed E-state index contributed by atoms with van der Waals surface area (Å²) in [6.07, 6.45) is 6.31. The number of rotatable bonds is 6. The van der Waals surface area contributed by atoms with Crippen molar-refractivity contribution in [1.82, 2.24) is 20.5 Å². The maximum Gasteiger partial charge on any atom is 0.272 e. The van der Waals surface area contributed by atoms with E-state index in [1.807, 2.05) is 12.1 Å². The van der Waals surface area contributed by atoms with Gasteiger partial charge in [0, 0.05) is 17.8 Å². The molecule has 1 aromatic carbocycles. The van der Waals surface area contributed by atoms with Crippen LogP contribution in [0, 0.1) is 0 Å². The molecule has 1 unspecified atom stereocenters. The molecule has 1 amide bonds. The van der Waals surface area contributed by atoms with E-state index in [0.717, 1.165) is 24.8 Å².